The molecule has 1 heterocycles. The number of nitrogens with zero attached hydrogens (tertiary/aromatic N) is 1. The van der Waals surface area contributed by atoms with E-state index in [-0.39, 0.29) is 17.9 Å². The van der Waals surface area contributed by atoms with Crippen molar-refractivity contribution in [3.8, 4) is 0 Å². The predicted octanol–water partition coefficient (Wildman–Crippen LogP) is 4.26. The Hall–Kier alpha value is -3.40. The summed E-state index contributed by atoms with van der Waals surface area (Å²) >= 11 is 0. The van der Waals surface area contributed by atoms with Crippen molar-refractivity contribution in [3.63, 3.8) is 0 Å². The summed E-state index contributed by atoms with van der Waals surface area (Å²) in [4.78, 5) is 28.0. The molecule has 4 rings (SSSR count). The van der Waals surface area contributed by atoms with Crippen LogP contribution in [-0.4, -0.2) is 16.7 Å². The van der Waals surface area contributed by atoms with Crippen molar-refractivity contribution in [2.24, 2.45) is 0 Å². The SMILES string of the molecule is C[C@@H](NC(=O)C(c1ccccc1)N1Cc2ccccc2C1=O)c1ccccc1. The number of rotatable bonds is 5. The minimum absolute atomic E-state index is 0.105. The van der Waals surface area contributed by atoms with Gasteiger partial charge < -0.3 is 10.2 Å². The summed E-state index contributed by atoms with van der Waals surface area (Å²) < 4.78 is 0. The van der Waals surface area contributed by atoms with Crippen molar-refractivity contribution in [3.05, 3.63) is 107 Å². The van der Waals surface area contributed by atoms with E-state index in [1.807, 2.05) is 91.9 Å². The Labute approximate surface area is 164 Å². The van der Waals surface area contributed by atoms with Crippen molar-refractivity contribution < 1.29 is 9.59 Å². The fraction of sp³-hybridized carbons (Fsp3) is 0.167. The monoisotopic (exact) mass is 370 g/mol. The zero-order chi connectivity index (χ0) is 19.5. The highest BCUT2D eigenvalue weighted by Crippen LogP contribution is 2.32. The molecule has 3 aromatic rings. The maximum Gasteiger partial charge on any atom is 0.255 e. The van der Waals surface area contributed by atoms with Crippen molar-refractivity contribution in [2.45, 2.75) is 25.6 Å². The average Bonchev–Trinajstić information content (AvgIpc) is 3.06. The van der Waals surface area contributed by atoms with E-state index in [9.17, 15) is 9.59 Å². The average molecular weight is 370 g/mol. The standard InChI is InChI=1S/C24H22N2O2/c1-17(18-10-4-2-5-11-18)25-23(27)22(19-12-6-3-7-13-19)26-16-20-14-8-9-15-21(20)24(26)28/h2-15,17,22H,16H2,1H3,(H,25,27)/t17-,22?/m1/s1. The molecule has 0 spiro atoms. The third-order valence-electron chi connectivity index (χ3n) is 5.18. The maximum atomic E-state index is 13.3. The second-order valence-corrected chi connectivity index (χ2v) is 7.04. The van der Waals surface area contributed by atoms with Crippen LogP contribution in [0, 0.1) is 0 Å². The van der Waals surface area contributed by atoms with Gasteiger partial charge in [0.05, 0.1) is 6.04 Å². The fourth-order valence-corrected chi connectivity index (χ4v) is 3.71. The normalized spacial score (nSPS) is 15.0. The topological polar surface area (TPSA) is 49.4 Å². The molecular weight excluding hydrogens is 348 g/mol. The Morgan fingerprint density at radius 3 is 2.07 bits per heavy atom. The molecule has 2 amide bonds. The molecule has 1 aliphatic heterocycles. The summed E-state index contributed by atoms with van der Waals surface area (Å²) in [6, 6.07) is 26.0. The van der Waals surface area contributed by atoms with E-state index in [4.69, 9.17) is 0 Å². The van der Waals surface area contributed by atoms with Crippen LogP contribution in [-0.2, 0) is 11.3 Å². The van der Waals surface area contributed by atoms with Gasteiger partial charge in [0.25, 0.3) is 5.91 Å². The summed E-state index contributed by atoms with van der Waals surface area (Å²) in [6.45, 7) is 2.39. The van der Waals surface area contributed by atoms with E-state index in [0.29, 0.717) is 12.1 Å². The highest BCUT2D eigenvalue weighted by molar-refractivity contribution is 6.01. The van der Waals surface area contributed by atoms with Crippen LogP contribution in [0.2, 0.25) is 0 Å². The number of carbonyl (C=O) groups excluding carboxylic acids is 2. The molecule has 0 aromatic heterocycles. The van der Waals surface area contributed by atoms with Gasteiger partial charge in [-0.2, -0.15) is 0 Å². The van der Waals surface area contributed by atoms with Crippen LogP contribution in [0.1, 0.15) is 46.1 Å². The Bertz CT molecular complexity index is 986. The molecule has 0 fully saturated rings. The molecule has 0 aliphatic carbocycles. The number of hydrogen-bond acceptors (Lipinski definition) is 2. The highest BCUT2D eigenvalue weighted by atomic mass is 16.2. The van der Waals surface area contributed by atoms with Gasteiger partial charge in [0.1, 0.15) is 6.04 Å². The molecule has 3 aromatic carbocycles. The quantitative estimate of drug-likeness (QED) is 0.729. The number of carbonyl (C=O) groups is 2. The molecule has 0 saturated carbocycles. The van der Waals surface area contributed by atoms with E-state index in [2.05, 4.69) is 5.32 Å². The van der Waals surface area contributed by atoms with Crippen molar-refractivity contribution in [1.29, 1.82) is 0 Å². The molecule has 1 N–H and O–H groups in total. The molecule has 1 aliphatic rings. The molecule has 0 bridgehead atoms. The molecule has 0 radical (unpaired) electrons. The Morgan fingerprint density at radius 1 is 0.857 bits per heavy atom. The van der Waals surface area contributed by atoms with Crippen molar-refractivity contribution in [1.82, 2.24) is 10.2 Å². The van der Waals surface area contributed by atoms with Gasteiger partial charge in [-0.1, -0.05) is 78.9 Å². The third-order valence-corrected chi connectivity index (χ3v) is 5.18. The molecule has 0 saturated heterocycles. The van der Waals surface area contributed by atoms with Crippen molar-refractivity contribution in [2.75, 3.05) is 0 Å². The van der Waals surface area contributed by atoms with Crippen LogP contribution in [0.4, 0.5) is 0 Å². The number of hydrogen-bond donors (Lipinski definition) is 1. The van der Waals surface area contributed by atoms with Gasteiger partial charge in [-0.15, -0.1) is 0 Å². The van der Waals surface area contributed by atoms with Crippen molar-refractivity contribution >= 4 is 11.8 Å². The second-order valence-electron chi connectivity index (χ2n) is 7.04. The predicted molar refractivity (Wildman–Crippen MR) is 108 cm³/mol. The highest BCUT2D eigenvalue weighted by Gasteiger charge is 2.37. The molecule has 1 unspecified atom stereocenters. The molecule has 4 nitrogen and oxygen atoms in total. The lowest BCUT2D eigenvalue weighted by Crippen LogP contribution is -2.41. The summed E-state index contributed by atoms with van der Waals surface area (Å²) in [7, 11) is 0. The lowest BCUT2D eigenvalue weighted by molar-refractivity contribution is -0.126. The molecule has 140 valence electrons. The van der Waals surface area contributed by atoms with Gasteiger partial charge in [-0.05, 0) is 29.7 Å². The zero-order valence-corrected chi connectivity index (χ0v) is 15.7. The lowest BCUT2D eigenvalue weighted by atomic mass is 10.0. The number of fused-ring (bicyclic) bond motifs is 1. The van der Waals surface area contributed by atoms with E-state index in [1.54, 1.807) is 4.90 Å². The van der Waals surface area contributed by atoms with Gasteiger partial charge in [0.2, 0.25) is 5.91 Å². The number of nitrogens with one attached hydrogen (secondary N) is 1. The minimum Gasteiger partial charge on any atom is -0.347 e. The largest absolute Gasteiger partial charge is 0.347 e. The number of amides is 2. The summed E-state index contributed by atoms with van der Waals surface area (Å²) in [5.41, 5.74) is 3.46. The zero-order valence-electron chi connectivity index (χ0n) is 15.7. The molecular formula is C24H22N2O2. The van der Waals surface area contributed by atoms with Gasteiger partial charge in [0.15, 0.2) is 0 Å². The summed E-state index contributed by atoms with van der Waals surface area (Å²) in [5.74, 6) is -0.282. The lowest BCUT2D eigenvalue weighted by Gasteiger charge is -2.28. The van der Waals surface area contributed by atoms with Crippen LogP contribution in [0.3, 0.4) is 0 Å². The van der Waals surface area contributed by atoms with Gasteiger partial charge >= 0.3 is 0 Å². The van der Waals surface area contributed by atoms with Gasteiger partial charge in [-0.3, -0.25) is 9.59 Å². The van der Waals surface area contributed by atoms with Crippen LogP contribution in [0.5, 0.6) is 0 Å². The first-order chi connectivity index (χ1) is 13.6. The van der Waals surface area contributed by atoms with Crippen LogP contribution >= 0.6 is 0 Å². The van der Waals surface area contributed by atoms with E-state index in [0.717, 1.165) is 16.7 Å². The first-order valence-electron chi connectivity index (χ1n) is 9.44. The molecule has 28 heavy (non-hydrogen) atoms. The third kappa shape index (κ3) is 3.41. The van der Waals surface area contributed by atoms with E-state index >= 15 is 0 Å². The second kappa shape index (κ2) is 7.69. The molecule has 4 heteroatoms. The first kappa shape index (κ1) is 18.0. The number of benzene rings is 3. The summed E-state index contributed by atoms with van der Waals surface area (Å²) in [6.07, 6.45) is 0. The van der Waals surface area contributed by atoms with Crippen LogP contribution in [0.25, 0.3) is 0 Å². The van der Waals surface area contributed by atoms with Gasteiger partial charge in [0, 0.05) is 12.1 Å². The summed E-state index contributed by atoms with van der Waals surface area (Å²) in [5, 5.41) is 3.09. The first-order valence-corrected chi connectivity index (χ1v) is 9.44. The van der Waals surface area contributed by atoms with E-state index in [1.165, 1.54) is 0 Å². The smallest absolute Gasteiger partial charge is 0.255 e. The maximum absolute atomic E-state index is 13.3. The van der Waals surface area contributed by atoms with Gasteiger partial charge in [-0.25, -0.2) is 0 Å². The Balaban J connectivity index is 1.64. The molecule has 2 atom stereocenters. The van der Waals surface area contributed by atoms with Crippen LogP contribution in [0.15, 0.2) is 84.9 Å². The Morgan fingerprint density at radius 2 is 1.43 bits per heavy atom. The minimum atomic E-state index is -0.674. The van der Waals surface area contributed by atoms with E-state index < -0.39 is 6.04 Å². The van der Waals surface area contributed by atoms with Crippen LogP contribution < -0.4 is 5.32 Å². The Kier molecular flexibility index (Phi) is 4.94. The fourth-order valence-electron chi connectivity index (χ4n) is 3.71.